The van der Waals surface area contributed by atoms with Crippen molar-refractivity contribution in [2.75, 3.05) is 0 Å². The summed E-state index contributed by atoms with van der Waals surface area (Å²) in [6.07, 6.45) is 3.65. The average Bonchev–Trinajstić information content (AvgIpc) is 3.15. The van der Waals surface area contributed by atoms with Crippen molar-refractivity contribution in [3.8, 4) is 5.69 Å². The second-order valence-corrected chi connectivity index (χ2v) is 4.90. The molecular formula is C16H15N3O3. The van der Waals surface area contributed by atoms with Crippen LogP contribution >= 0.6 is 0 Å². The maximum Gasteiger partial charge on any atom is 0.310 e. The van der Waals surface area contributed by atoms with Crippen molar-refractivity contribution >= 4 is 5.97 Å². The molecule has 0 radical (unpaired) electrons. The Balaban J connectivity index is 1.57. The number of aromatic nitrogens is 3. The SMILES string of the molecule is Cc1cc(COC(=O)Cc2cnn(-c3ccccc3)c2)no1. The van der Waals surface area contributed by atoms with E-state index in [0.29, 0.717) is 11.5 Å². The number of rotatable bonds is 5. The fourth-order valence-electron chi connectivity index (χ4n) is 2.03. The third-order valence-electron chi connectivity index (χ3n) is 3.06. The van der Waals surface area contributed by atoms with Crippen molar-refractivity contribution in [1.82, 2.24) is 14.9 Å². The van der Waals surface area contributed by atoms with Gasteiger partial charge in [0.15, 0.2) is 0 Å². The first-order valence-corrected chi connectivity index (χ1v) is 6.87. The number of esters is 1. The van der Waals surface area contributed by atoms with Gasteiger partial charge in [0.1, 0.15) is 18.1 Å². The van der Waals surface area contributed by atoms with Crippen LogP contribution in [0.4, 0.5) is 0 Å². The van der Waals surface area contributed by atoms with Crippen molar-refractivity contribution < 1.29 is 14.1 Å². The highest BCUT2D eigenvalue weighted by molar-refractivity contribution is 5.72. The van der Waals surface area contributed by atoms with Gasteiger partial charge in [0.25, 0.3) is 0 Å². The topological polar surface area (TPSA) is 70.2 Å². The second-order valence-electron chi connectivity index (χ2n) is 4.90. The predicted molar refractivity (Wildman–Crippen MR) is 78.3 cm³/mol. The maximum atomic E-state index is 11.8. The van der Waals surface area contributed by atoms with Gasteiger partial charge in [0.05, 0.1) is 18.3 Å². The summed E-state index contributed by atoms with van der Waals surface area (Å²) in [7, 11) is 0. The molecule has 112 valence electrons. The van der Waals surface area contributed by atoms with Gasteiger partial charge in [0, 0.05) is 17.8 Å². The molecule has 0 aliphatic heterocycles. The van der Waals surface area contributed by atoms with E-state index in [2.05, 4.69) is 10.3 Å². The lowest BCUT2D eigenvalue weighted by molar-refractivity contribution is -0.144. The number of para-hydroxylation sites is 1. The lowest BCUT2D eigenvalue weighted by Gasteiger charge is -2.01. The molecular weight excluding hydrogens is 282 g/mol. The average molecular weight is 297 g/mol. The Morgan fingerprint density at radius 1 is 1.32 bits per heavy atom. The molecule has 0 N–H and O–H groups in total. The normalized spacial score (nSPS) is 10.6. The first-order chi connectivity index (χ1) is 10.7. The van der Waals surface area contributed by atoms with Crippen molar-refractivity contribution in [2.24, 2.45) is 0 Å². The smallest absolute Gasteiger partial charge is 0.310 e. The number of nitrogens with zero attached hydrogens (tertiary/aromatic N) is 3. The molecule has 0 saturated carbocycles. The molecule has 0 fully saturated rings. The van der Waals surface area contributed by atoms with Crippen molar-refractivity contribution in [3.05, 3.63) is 65.8 Å². The van der Waals surface area contributed by atoms with Crippen LogP contribution in [0.5, 0.6) is 0 Å². The molecule has 0 saturated heterocycles. The number of benzene rings is 1. The summed E-state index contributed by atoms with van der Waals surface area (Å²) in [5.41, 5.74) is 2.34. The molecule has 2 aromatic heterocycles. The predicted octanol–water partition coefficient (Wildman–Crippen LogP) is 2.45. The number of aryl methyl sites for hydroxylation is 1. The van der Waals surface area contributed by atoms with Gasteiger partial charge in [-0.1, -0.05) is 23.4 Å². The molecule has 2 heterocycles. The standard InChI is InChI=1S/C16H15N3O3/c1-12-7-14(18-22-12)11-21-16(20)8-13-9-17-19(10-13)15-5-3-2-4-6-15/h2-7,9-10H,8,11H2,1H3. The van der Waals surface area contributed by atoms with Gasteiger partial charge in [-0.25, -0.2) is 4.68 Å². The Hall–Kier alpha value is -2.89. The van der Waals surface area contributed by atoms with E-state index in [4.69, 9.17) is 9.26 Å². The summed E-state index contributed by atoms with van der Waals surface area (Å²) in [6, 6.07) is 11.4. The summed E-state index contributed by atoms with van der Waals surface area (Å²) in [5.74, 6) is 0.364. The summed E-state index contributed by atoms with van der Waals surface area (Å²) in [4.78, 5) is 11.8. The lowest BCUT2D eigenvalue weighted by atomic mass is 10.2. The maximum absolute atomic E-state index is 11.8. The Bertz CT molecular complexity index is 762. The van der Waals surface area contributed by atoms with E-state index in [1.54, 1.807) is 23.9 Å². The molecule has 3 aromatic rings. The summed E-state index contributed by atoms with van der Waals surface area (Å²) < 4.78 is 11.8. The molecule has 3 rings (SSSR count). The molecule has 1 aromatic carbocycles. The Morgan fingerprint density at radius 2 is 2.14 bits per heavy atom. The minimum absolute atomic E-state index is 0.114. The minimum atomic E-state index is -0.326. The summed E-state index contributed by atoms with van der Waals surface area (Å²) in [5, 5.41) is 8.01. The number of carbonyl (C=O) groups excluding carboxylic acids is 1. The van der Waals surface area contributed by atoms with Crippen LogP contribution in [0.2, 0.25) is 0 Å². The van der Waals surface area contributed by atoms with E-state index < -0.39 is 0 Å². The Morgan fingerprint density at radius 3 is 2.86 bits per heavy atom. The van der Waals surface area contributed by atoms with E-state index in [0.717, 1.165) is 11.3 Å². The van der Waals surface area contributed by atoms with Gasteiger partial charge in [0.2, 0.25) is 0 Å². The fraction of sp³-hybridized carbons (Fsp3) is 0.188. The van der Waals surface area contributed by atoms with Crippen molar-refractivity contribution in [1.29, 1.82) is 0 Å². The third-order valence-corrected chi connectivity index (χ3v) is 3.06. The van der Waals surface area contributed by atoms with Crippen LogP contribution in [0.15, 0.2) is 53.3 Å². The Labute approximate surface area is 127 Å². The molecule has 0 aliphatic carbocycles. The zero-order chi connectivity index (χ0) is 15.4. The molecule has 0 atom stereocenters. The highest BCUT2D eigenvalue weighted by atomic mass is 16.5. The molecule has 0 amide bonds. The second kappa shape index (κ2) is 6.26. The van der Waals surface area contributed by atoms with Gasteiger partial charge >= 0.3 is 5.97 Å². The van der Waals surface area contributed by atoms with Gasteiger partial charge in [-0.15, -0.1) is 0 Å². The molecule has 0 bridgehead atoms. The van der Waals surface area contributed by atoms with E-state index in [-0.39, 0.29) is 19.0 Å². The van der Waals surface area contributed by atoms with Crippen LogP contribution in [0, 0.1) is 6.92 Å². The fourth-order valence-corrected chi connectivity index (χ4v) is 2.03. The van der Waals surface area contributed by atoms with Gasteiger partial charge in [-0.3, -0.25) is 4.79 Å². The van der Waals surface area contributed by atoms with Crippen LogP contribution in [0.1, 0.15) is 17.0 Å². The first-order valence-electron chi connectivity index (χ1n) is 6.87. The van der Waals surface area contributed by atoms with Crippen molar-refractivity contribution in [3.63, 3.8) is 0 Å². The minimum Gasteiger partial charge on any atom is -0.459 e. The third kappa shape index (κ3) is 3.41. The molecule has 0 unspecified atom stereocenters. The molecule has 0 aliphatic rings. The van der Waals surface area contributed by atoms with E-state index in [1.807, 2.05) is 36.5 Å². The number of hydrogen-bond acceptors (Lipinski definition) is 5. The van der Waals surface area contributed by atoms with Crippen LogP contribution in [-0.4, -0.2) is 20.9 Å². The molecule has 22 heavy (non-hydrogen) atoms. The number of hydrogen-bond donors (Lipinski definition) is 0. The zero-order valence-electron chi connectivity index (χ0n) is 12.1. The molecule has 6 heteroatoms. The quantitative estimate of drug-likeness (QED) is 0.676. The van der Waals surface area contributed by atoms with Gasteiger partial charge < -0.3 is 9.26 Å². The zero-order valence-corrected chi connectivity index (χ0v) is 12.1. The highest BCUT2D eigenvalue weighted by Crippen LogP contribution is 2.09. The largest absolute Gasteiger partial charge is 0.459 e. The monoisotopic (exact) mass is 297 g/mol. The Kier molecular flexibility index (Phi) is 4.00. The van der Waals surface area contributed by atoms with Crippen LogP contribution in [-0.2, 0) is 22.6 Å². The van der Waals surface area contributed by atoms with E-state index >= 15 is 0 Å². The molecule has 0 spiro atoms. The summed E-state index contributed by atoms with van der Waals surface area (Å²) in [6.45, 7) is 1.90. The van der Waals surface area contributed by atoms with Crippen LogP contribution in [0.3, 0.4) is 0 Å². The van der Waals surface area contributed by atoms with E-state index in [9.17, 15) is 4.79 Å². The summed E-state index contributed by atoms with van der Waals surface area (Å²) >= 11 is 0. The van der Waals surface area contributed by atoms with E-state index in [1.165, 1.54) is 0 Å². The van der Waals surface area contributed by atoms with Gasteiger partial charge in [-0.2, -0.15) is 5.10 Å². The first kappa shape index (κ1) is 14.1. The van der Waals surface area contributed by atoms with Crippen molar-refractivity contribution in [2.45, 2.75) is 20.0 Å². The van der Waals surface area contributed by atoms with Gasteiger partial charge in [-0.05, 0) is 19.1 Å². The van der Waals surface area contributed by atoms with Crippen LogP contribution in [0.25, 0.3) is 5.69 Å². The van der Waals surface area contributed by atoms with Crippen LogP contribution < -0.4 is 0 Å². The number of carbonyl (C=O) groups is 1. The lowest BCUT2D eigenvalue weighted by Crippen LogP contribution is -2.07. The molecule has 6 nitrogen and oxygen atoms in total. The highest BCUT2D eigenvalue weighted by Gasteiger charge is 2.09. The number of ether oxygens (including phenoxy) is 1.